The maximum Gasteiger partial charge on any atom is 0.270 e. The molecule has 0 fully saturated rings. The standard InChI is InChI=1S/C18H18N4O3/c1-13-6-7-14(2)17(10-13)25-9-8-21-12-19-18(20-21)15-4-3-5-16(11-15)22(23)24/h3-7,10-12H,8-9H2,1-2H3. The van der Waals surface area contributed by atoms with Crippen LogP contribution in [0.1, 0.15) is 11.1 Å². The van der Waals surface area contributed by atoms with Crippen LogP contribution in [0.3, 0.4) is 0 Å². The summed E-state index contributed by atoms with van der Waals surface area (Å²) in [6.45, 7) is 5.02. The maximum absolute atomic E-state index is 10.9. The Bertz CT molecular complexity index is 905. The van der Waals surface area contributed by atoms with Crippen LogP contribution >= 0.6 is 0 Å². The van der Waals surface area contributed by atoms with Crippen LogP contribution in [0.4, 0.5) is 5.69 Å². The van der Waals surface area contributed by atoms with Crippen molar-refractivity contribution >= 4 is 5.69 Å². The zero-order valence-corrected chi connectivity index (χ0v) is 14.0. The predicted molar refractivity (Wildman–Crippen MR) is 93.5 cm³/mol. The average Bonchev–Trinajstić information content (AvgIpc) is 3.07. The number of non-ortho nitro benzene ring substituents is 1. The van der Waals surface area contributed by atoms with Crippen molar-refractivity contribution in [1.82, 2.24) is 14.8 Å². The molecule has 2 aromatic carbocycles. The van der Waals surface area contributed by atoms with E-state index in [4.69, 9.17) is 4.74 Å². The summed E-state index contributed by atoms with van der Waals surface area (Å²) in [5, 5.41) is 15.2. The van der Waals surface area contributed by atoms with Crippen molar-refractivity contribution in [3.05, 3.63) is 70.0 Å². The highest BCUT2D eigenvalue weighted by Gasteiger charge is 2.10. The highest BCUT2D eigenvalue weighted by molar-refractivity contribution is 5.58. The number of hydrogen-bond donors (Lipinski definition) is 0. The molecule has 7 nitrogen and oxygen atoms in total. The van der Waals surface area contributed by atoms with Gasteiger partial charge < -0.3 is 4.74 Å². The van der Waals surface area contributed by atoms with Gasteiger partial charge in [-0.05, 0) is 31.0 Å². The first-order valence-electron chi connectivity index (χ1n) is 7.87. The van der Waals surface area contributed by atoms with Crippen molar-refractivity contribution in [1.29, 1.82) is 0 Å². The van der Waals surface area contributed by atoms with Crippen LogP contribution in [-0.2, 0) is 6.54 Å². The van der Waals surface area contributed by atoms with Gasteiger partial charge in [-0.2, -0.15) is 5.10 Å². The molecule has 3 aromatic rings. The molecule has 1 aromatic heterocycles. The summed E-state index contributed by atoms with van der Waals surface area (Å²) in [4.78, 5) is 14.6. The second-order valence-electron chi connectivity index (χ2n) is 5.76. The molecule has 0 amide bonds. The van der Waals surface area contributed by atoms with Crippen molar-refractivity contribution in [3.63, 3.8) is 0 Å². The van der Waals surface area contributed by atoms with E-state index in [1.807, 2.05) is 32.0 Å². The van der Waals surface area contributed by atoms with Crippen LogP contribution in [0, 0.1) is 24.0 Å². The molecule has 0 aliphatic rings. The van der Waals surface area contributed by atoms with E-state index in [-0.39, 0.29) is 5.69 Å². The van der Waals surface area contributed by atoms with Gasteiger partial charge in [-0.1, -0.05) is 24.3 Å². The summed E-state index contributed by atoms with van der Waals surface area (Å²) >= 11 is 0. The summed E-state index contributed by atoms with van der Waals surface area (Å²) in [5.74, 6) is 1.31. The van der Waals surface area contributed by atoms with Crippen LogP contribution in [0.15, 0.2) is 48.8 Å². The molecular weight excluding hydrogens is 320 g/mol. The zero-order valence-electron chi connectivity index (χ0n) is 14.0. The van der Waals surface area contributed by atoms with Crippen molar-refractivity contribution < 1.29 is 9.66 Å². The molecule has 7 heteroatoms. The Kier molecular flexibility index (Phi) is 4.74. The van der Waals surface area contributed by atoms with E-state index in [1.165, 1.54) is 12.1 Å². The van der Waals surface area contributed by atoms with Crippen LogP contribution in [0.25, 0.3) is 11.4 Å². The normalized spacial score (nSPS) is 10.6. The summed E-state index contributed by atoms with van der Waals surface area (Å²) in [6.07, 6.45) is 1.60. The smallest absolute Gasteiger partial charge is 0.270 e. The Hall–Kier alpha value is -3.22. The van der Waals surface area contributed by atoms with Gasteiger partial charge in [-0.25, -0.2) is 9.67 Å². The van der Waals surface area contributed by atoms with E-state index >= 15 is 0 Å². The van der Waals surface area contributed by atoms with Crippen LogP contribution < -0.4 is 4.74 Å². The number of aromatic nitrogens is 3. The lowest BCUT2D eigenvalue weighted by atomic mass is 10.1. The Morgan fingerprint density at radius 2 is 2.04 bits per heavy atom. The zero-order chi connectivity index (χ0) is 17.8. The fourth-order valence-corrected chi connectivity index (χ4v) is 2.41. The van der Waals surface area contributed by atoms with Gasteiger partial charge in [-0.3, -0.25) is 10.1 Å². The van der Waals surface area contributed by atoms with Crippen molar-refractivity contribution in [2.75, 3.05) is 6.61 Å². The Balaban J connectivity index is 1.65. The first-order chi connectivity index (χ1) is 12.0. The molecule has 0 spiro atoms. The van der Waals surface area contributed by atoms with Gasteiger partial charge in [0.25, 0.3) is 5.69 Å². The Morgan fingerprint density at radius 3 is 2.84 bits per heavy atom. The molecule has 0 aliphatic carbocycles. The highest BCUT2D eigenvalue weighted by Crippen LogP contribution is 2.21. The monoisotopic (exact) mass is 338 g/mol. The molecule has 0 atom stereocenters. The molecule has 0 bridgehead atoms. The largest absolute Gasteiger partial charge is 0.491 e. The number of ether oxygens (including phenoxy) is 1. The van der Waals surface area contributed by atoms with E-state index in [0.717, 1.165) is 16.9 Å². The Labute approximate surface area is 145 Å². The first kappa shape index (κ1) is 16.6. The van der Waals surface area contributed by atoms with Crippen molar-refractivity contribution in [3.8, 4) is 17.1 Å². The number of rotatable bonds is 6. The lowest BCUT2D eigenvalue weighted by molar-refractivity contribution is -0.384. The van der Waals surface area contributed by atoms with E-state index in [9.17, 15) is 10.1 Å². The molecule has 0 N–H and O–H groups in total. The first-order valence-corrected chi connectivity index (χ1v) is 7.87. The fourth-order valence-electron chi connectivity index (χ4n) is 2.41. The molecule has 0 radical (unpaired) electrons. The third-order valence-corrected chi connectivity index (χ3v) is 3.77. The van der Waals surface area contributed by atoms with Gasteiger partial charge >= 0.3 is 0 Å². The third-order valence-electron chi connectivity index (χ3n) is 3.77. The molecule has 0 unspecified atom stereocenters. The number of hydrogen-bond acceptors (Lipinski definition) is 5. The minimum absolute atomic E-state index is 0.0205. The van der Waals surface area contributed by atoms with Gasteiger partial charge in [0.2, 0.25) is 0 Å². The number of nitrogens with zero attached hydrogens (tertiary/aromatic N) is 4. The van der Waals surface area contributed by atoms with E-state index in [2.05, 4.69) is 10.1 Å². The van der Waals surface area contributed by atoms with Crippen LogP contribution in [-0.4, -0.2) is 26.3 Å². The summed E-state index contributed by atoms with van der Waals surface area (Å²) in [7, 11) is 0. The van der Waals surface area contributed by atoms with Crippen molar-refractivity contribution in [2.24, 2.45) is 0 Å². The molecule has 3 rings (SSSR count). The molecule has 0 aliphatic heterocycles. The minimum Gasteiger partial charge on any atom is -0.491 e. The Morgan fingerprint density at radius 1 is 1.20 bits per heavy atom. The quantitative estimate of drug-likeness (QED) is 0.507. The van der Waals surface area contributed by atoms with E-state index in [1.54, 1.807) is 23.1 Å². The maximum atomic E-state index is 10.9. The highest BCUT2D eigenvalue weighted by atomic mass is 16.6. The van der Waals surface area contributed by atoms with E-state index < -0.39 is 4.92 Å². The number of nitro groups is 1. The lowest BCUT2D eigenvalue weighted by Gasteiger charge is -2.09. The molecule has 25 heavy (non-hydrogen) atoms. The number of nitro benzene ring substituents is 1. The summed E-state index contributed by atoms with van der Waals surface area (Å²) in [6, 6.07) is 12.4. The topological polar surface area (TPSA) is 83.1 Å². The average molecular weight is 338 g/mol. The van der Waals surface area contributed by atoms with Gasteiger partial charge in [0.05, 0.1) is 11.5 Å². The minimum atomic E-state index is -0.432. The second-order valence-corrected chi connectivity index (χ2v) is 5.76. The molecule has 0 saturated carbocycles. The number of aryl methyl sites for hydroxylation is 2. The SMILES string of the molecule is Cc1ccc(C)c(OCCn2cnc(-c3cccc([N+](=O)[O-])c3)n2)c1. The van der Waals surface area contributed by atoms with Gasteiger partial charge in [-0.15, -0.1) is 0 Å². The second kappa shape index (κ2) is 7.12. The summed E-state index contributed by atoms with van der Waals surface area (Å²) < 4.78 is 7.48. The lowest BCUT2D eigenvalue weighted by Crippen LogP contribution is -2.09. The molecular formula is C18H18N4O3. The van der Waals surface area contributed by atoms with Crippen LogP contribution in [0.5, 0.6) is 5.75 Å². The summed E-state index contributed by atoms with van der Waals surface area (Å²) in [5.41, 5.74) is 2.87. The van der Waals surface area contributed by atoms with Gasteiger partial charge in [0, 0.05) is 17.7 Å². The molecule has 128 valence electrons. The predicted octanol–water partition coefficient (Wildman–Crippen LogP) is 3.55. The van der Waals surface area contributed by atoms with Gasteiger partial charge in [0.15, 0.2) is 5.82 Å². The van der Waals surface area contributed by atoms with Gasteiger partial charge in [0.1, 0.15) is 18.7 Å². The number of benzene rings is 2. The fraction of sp³-hybridized carbons (Fsp3) is 0.222. The van der Waals surface area contributed by atoms with E-state index in [0.29, 0.717) is 24.5 Å². The third kappa shape index (κ3) is 4.00. The molecule has 1 heterocycles. The molecule has 0 saturated heterocycles. The van der Waals surface area contributed by atoms with Crippen LogP contribution in [0.2, 0.25) is 0 Å². The van der Waals surface area contributed by atoms with Crippen molar-refractivity contribution in [2.45, 2.75) is 20.4 Å².